The molecule has 0 spiro atoms. The van der Waals surface area contributed by atoms with Crippen LogP contribution in [0.15, 0.2) is 24.3 Å². The number of likely N-dealkylation sites (N-methyl/N-ethyl adjacent to an activating group) is 1. The maximum absolute atomic E-state index is 11.8. The minimum Gasteiger partial charge on any atom is -0.494 e. The van der Waals surface area contributed by atoms with Crippen molar-refractivity contribution in [3.05, 3.63) is 29.8 Å². The summed E-state index contributed by atoms with van der Waals surface area (Å²) in [6.45, 7) is 8.18. The second-order valence-electron chi connectivity index (χ2n) is 4.13. The lowest BCUT2D eigenvalue weighted by Crippen LogP contribution is -2.38. The Morgan fingerprint density at radius 2 is 1.94 bits per heavy atom. The average Bonchev–Trinajstić information content (AvgIpc) is 2.37. The molecule has 100 valence electrons. The van der Waals surface area contributed by atoms with E-state index >= 15 is 0 Å². The van der Waals surface area contributed by atoms with Crippen LogP contribution < -0.4 is 15.4 Å². The molecule has 2 N–H and O–H groups in total. The smallest absolute Gasteiger partial charge is 0.251 e. The topological polar surface area (TPSA) is 50.4 Å². The van der Waals surface area contributed by atoms with Gasteiger partial charge in [-0.2, -0.15) is 0 Å². The highest BCUT2D eigenvalue weighted by atomic mass is 16.5. The summed E-state index contributed by atoms with van der Waals surface area (Å²) in [7, 11) is 0. The molecule has 18 heavy (non-hydrogen) atoms. The van der Waals surface area contributed by atoms with Gasteiger partial charge in [-0.05, 0) is 44.7 Å². The lowest BCUT2D eigenvalue weighted by Gasteiger charge is -2.13. The SMILES string of the molecule is CCN[C@H](C)CNC(=O)c1ccc(OCC)cc1. The molecule has 0 saturated carbocycles. The van der Waals surface area contributed by atoms with Crippen LogP contribution >= 0.6 is 0 Å². The molecular weight excluding hydrogens is 228 g/mol. The second-order valence-corrected chi connectivity index (χ2v) is 4.13. The first kappa shape index (κ1) is 14.5. The molecule has 0 radical (unpaired) electrons. The zero-order valence-corrected chi connectivity index (χ0v) is 11.3. The van der Waals surface area contributed by atoms with E-state index in [0.717, 1.165) is 12.3 Å². The van der Waals surface area contributed by atoms with Gasteiger partial charge in [0.1, 0.15) is 5.75 Å². The molecule has 0 bridgehead atoms. The number of benzene rings is 1. The fourth-order valence-corrected chi connectivity index (χ4v) is 1.64. The Labute approximate surface area is 109 Å². The number of amides is 1. The lowest BCUT2D eigenvalue weighted by molar-refractivity contribution is 0.0950. The highest BCUT2D eigenvalue weighted by Crippen LogP contribution is 2.11. The first-order valence-corrected chi connectivity index (χ1v) is 6.41. The van der Waals surface area contributed by atoms with Gasteiger partial charge in [0, 0.05) is 18.2 Å². The molecule has 4 heteroatoms. The maximum atomic E-state index is 11.8. The summed E-state index contributed by atoms with van der Waals surface area (Å²) in [6, 6.07) is 7.45. The standard InChI is InChI=1S/C14H22N2O2/c1-4-15-11(3)10-16-14(17)12-6-8-13(9-7-12)18-5-2/h6-9,11,15H,4-5,10H2,1-3H3,(H,16,17)/t11-/m1/s1. The van der Waals surface area contributed by atoms with E-state index in [0.29, 0.717) is 18.7 Å². The van der Waals surface area contributed by atoms with Crippen LogP contribution in [0.5, 0.6) is 5.75 Å². The van der Waals surface area contributed by atoms with E-state index in [1.54, 1.807) is 12.1 Å². The number of hydrogen-bond donors (Lipinski definition) is 2. The van der Waals surface area contributed by atoms with Crippen molar-refractivity contribution in [1.82, 2.24) is 10.6 Å². The Morgan fingerprint density at radius 1 is 1.28 bits per heavy atom. The molecule has 1 aromatic rings. The molecule has 0 fully saturated rings. The van der Waals surface area contributed by atoms with Crippen LogP contribution in [0.1, 0.15) is 31.1 Å². The fourth-order valence-electron chi connectivity index (χ4n) is 1.64. The third-order valence-corrected chi connectivity index (χ3v) is 2.55. The molecular formula is C14H22N2O2. The number of nitrogens with one attached hydrogen (secondary N) is 2. The third-order valence-electron chi connectivity index (χ3n) is 2.55. The zero-order valence-electron chi connectivity index (χ0n) is 11.3. The van der Waals surface area contributed by atoms with Crippen LogP contribution in [-0.2, 0) is 0 Å². The van der Waals surface area contributed by atoms with Gasteiger partial charge >= 0.3 is 0 Å². The van der Waals surface area contributed by atoms with Gasteiger partial charge < -0.3 is 15.4 Å². The van der Waals surface area contributed by atoms with Crippen molar-refractivity contribution in [1.29, 1.82) is 0 Å². The normalized spacial score (nSPS) is 11.9. The van der Waals surface area contributed by atoms with Crippen molar-refractivity contribution in [3.8, 4) is 5.75 Å². The minimum atomic E-state index is -0.0530. The fraction of sp³-hybridized carbons (Fsp3) is 0.500. The van der Waals surface area contributed by atoms with E-state index < -0.39 is 0 Å². The predicted octanol–water partition coefficient (Wildman–Crippen LogP) is 1.81. The Hall–Kier alpha value is -1.55. The minimum absolute atomic E-state index is 0.0530. The van der Waals surface area contributed by atoms with Gasteiger partial charge in [-0.3, -0.25) is 4.79 Å². The van der Waals surface area contributed by atoms with Crippen molar-refractivity contribution in [2.45, 2.75) is 26.8 Å². The summed E-state index contributed by atoms with van der Waals surface area (Å²) in [6.07, 6.45) is 0. The van der Waals surface area contributed by atoms with Gasteiger partial charge in [0.2, 0.25) is 0 Å². The molecule has 0 aliphatic rings. The van der Waals surface area contributed by atoms with Crippen molar-refractivity contribution in [2.24, 2.45) is 0 Å². The van der Waals surface area contributed by atoms with E-state index in [9.17, 15) is 4.79 Å². The van der Waals surface area contributed by atoms with Crippen molar-refractivity contribution < 1.29 is 9.53 Å². The Balaban J connectivity index is 2.46. The largest absolute Gasteiger partial charge is 0.494 e. The Bertz CT molecular complexity index is 363. The number of rotatable bonds is 7. The van der Waals surface area contributed by atoms with Crippen LogP contribution in [0.4, 0.5) is 0 Å². The Kier molecular flexibility index (Phi) is 6.22. The number of hydrogen-bond acceptors (Lipinski definition) is 3. The third kappa shape index (κ3) is 4.75. The molecule has 0 aliphatic heterocycles. The monoisotopic (exact) mass is 250 g/mol. The van der Waals surface area contributed by atoms with Gasteiger partial charge in [0.15, 0.2) is 0 Å². The van der Waals surface area contributed by atoms with Gasteiger partial charge in [-0.15, -0.1) is 0 Å². The van der Waals surface area contributed by atoms with E-state index in [4.69, 9.17) is 4.74 Å². The zero-order chi connectivity index (χ0) is 13.4. The molecule has 0 saturated heterocycles. The first-order valence-electron chi connectivity index (χ1n) is 6.41. The van der Waals surface area contributed by atoms with E-state index in [1.165, 1.54) is 0 Å². The van der Waals surface area contributed by atoms with Crippen LogP contribution in [0.3, 0.4) is 0 Å². The molecule has 1 aromatic carbocycles. The lowest BCUT2D eigenvalue weighted by atomic mass is 10.2. The average molecular weight is 250 g/mol. The molecule has 0 unspecified atom stereocenters. The Morgan fingerprint density at radius 3 is 2.50 bits per heavy atom. The summed E-state index contributed by atoms with van der Waals surface area (Å²) in [5.74, 6) is 0.734. The van der Waals surface area contributed by atoms with E-state index in [-0.39, 0.29) is 11.9 Å². The van der Waals surface area contributed by atoms with Gasteiger partial charge in [0.05, 0.1) is 6.61 Å². The summed E-state index contributed by atoms with van der Waals surface area (Å²) in [5, 5.41) is 6.14. The van der Waals surface area contributed by atoms with Crippen LogP contribution in [0, 0.1) is 0 Å². The summed E-state index contributed by atoms with van der Waals surface area (Å²) < 4.78 is 5.33. The predicted molar refractivity (Wildman–Crippen MR) is 73.1 cm³/mol. The second kappa shape index (κ2) is 7.71. The molecule has 1 atom stereocenters. The van der Waals surface area contributed by atoms with Gasteiger partial charge in [-0.1, -0.05) is 6.92 Å². The quantitative estimate of drug-likeness (QED) is 0.776. The molecule has 4 nitrogen and oxygen atoms in total. The number of carbonyl (C=O) groups excluding carboxylic acids is 1. The van der Waals surface area contributed by atoms with Gasteiger partial charge in [-0.25, -0.2) is 0 Å². The van der Waals surface area contributed by atoms with Crippen LogP contribution in [0.25, 0.3) is 0 Å². The molecule has 0 aliphatic carbocycles. The van der Waals surface area contributed by atoms with Gasteiger partial charge in [0.25, 0.3) is 5.91 Å². The van der Waals surface area contributed by atoms with Crippen LogP contribution in [-0.4, -0.2) is 31.6 Å². The van der Waals surface area contributed by atoms with Crippen LogP contribution in [0.2, 0.25) is 0 Å². The first-order chi connectivity index (χ1) is 8.67. The number of carbonyl (C=O) groups is 1. The number of ether oxygens (including phenoxy) is 1. The molecule has 0 heterocycles. The summed E-state index contributed by atoms with van der Waals surface area (Å²) in [5.41, 5.74) is 0.655. The van der Waals surface area contributed by atoms with E-state index in [2.05, 4.69) is 10.6 Å². The highest BCUT2D eigenvalue weighted by molar-refractivity contribution is 5.94. The molecule has 0 aromatic heterocycles. The van der Waals surface area contributed by atoms with E-state index in [1.807, 2.05) is 32.9 Å². The van der Waals surface area contributed by atoms with Crippen molar-refractivity contribution in [3.63, 3.8) is 0 Å². The summed E-state index contributed by atoms with van der Waals surface area (Å²) in [4.78, 5) is 11.8. The maximum Gasteiger partial charge on any atom is 0.251 e. The van der Waals surface area contributed by atoms with Crippen molar-refractivity contribution >= 4 is 5.91 Å². The molecule has 1 amide bonds. The molecule has 1 rings (SSSR count). The van der Waals surface area contributed by atoms with Crippen molar-refractivity contribution in [2.75, 3.05) is 19.7 Å². The summed E-state index contributed by atoms with van der Waals surface area (Å²) >= 11 is 0. The highest BCUT2D eigenvalue weighted by Gasteiger charge is 2.07.